The largest absolute Gasteiger partial charge is 0.506 e. The Kier molecular flexibility index (Phi) is 2.54. The van der Waals surface area contributed by atoms with E-state index in [4.69, 9.17) is 16.2 Å². The molecule has 1 aliphatic rings. The second-order valence-electron chi connectivity index (χ2n) is 4.60. The van der Waals surface area contributed by atoms with Crippen molar-refractivity contribution in [3.63, 3.8) is 0 Å². The number of alkyl halides is 1. The van der Waals surface area contributed by atoms with Crippen LogP contribution in [0.15, 0.2) is 24.2 Å². The number of halogens is 1. The molecule has 9 heteroatoms. The van der Waals surface area contributed by atoms with Crippen molar-refractivity contribution in [3.05, 3.63) is 24.2 Å². The van der Waals surface area contributed by atoms with E-state index in [-0.39, 0.29) is 18.1 Å². The molecule has 2 aromatic heterocycles. The van der Waals surface area contributed by atoms with Crippen LogP contribution in [-0.4, -0.2) is 36.8 Å². The van der Waals surface area contributed by atoms with Gasteiger partial charge in [-0.2, -0.15) is 0 Å². The fourth-order valence-corrected chi connectivity index (χ4v) is 2.20. The number of hydrogen-bond donors (Lipinski definition) is 3. The van der Waals surface area contributed by atoms with Gasteiger partial charge in [0.25, 0.3) is 0 Å². The molecule has 0 bridgehead atoms. The number of aliphatic hydroxyl groups excluding tert-OH is 1. The number of aliphatic hydroxyl groups is 1. The number of nitrogens with two attached hydrogens (primary N) is 2. The second kappa shape index (κ2) is 4.04. The smallest absolute Gasteiger partial charge is 0.223 e. The molecular weight excluding hydrogens is 267 g/mol. The standard InChI is InChI=1S/C11H13FN6O2/c1-11(12)7(19)5(2-13)20-10(11)18-4-17-6-8(14)15-3-16-9(6)18/h3-4,10,19H,2,13H2,1H3,(H2,14,15,16)/t10-,11?/m1/s1. The number of anilines is 1. The monoisotopic (exact) mass is 280 g/mol. The highest BCUT2D eigenvalue weighted by Gasteiger charge is 2.50. The van der Waals surface area contributed by atoms with Gasteiger partial charge in [0.2, 0.25) is 11.9 Å². The van der Waals surface area contributed by atoms with Crippen LogP contribution in [0.5, 0.6) is 0 Å². The topological polar surface area (TPSA) is 125 Å². The SMILES string of the molecule is CC1(F)C(O)=C(CN)O[C@H]1n1cnc2c(N)ncnc21. The van der Waals surface area contributed by atoms with Gasteiger partial charge in [-0.05, 0) is 6.92 Å². The Labute approximate surface area is 112 Å². The molecule has 2 atom stereocenters. The molecule has 1 unspecified atom stereocenters. The Morgan fingerprint density at radius 1 is 1.50 bits per heavy atom. The molecule has 5 N–H and O–H groups in total. The van der Waals surface area contributed by atoms with E-state index in [1.165, 1.54) is 24.1 Å². The maximum atomic E-state index is 14.7. The van der Waals surface area contributed by atoms with Crippen LogP contribution >= 0.6 is 0 Å². The molecule has 0 saturated carbocycles. The molecule has 8 nitrogen and oxygen atoms in total. The molecule has 20 heavy (non-hydrogen) atoms. The number of hydrogen-bond acceptors (Lipinski definition) is 7. The number of nitrogens with zero attached hydrogens (tertiary/aromatic N) is 4. The lowest BCUT2D eigenvalue weighted by atomic mass is 10.1. The molecule has 0 amide bonds. The van der Waals surface area contributed by atoms with Crippen molar-refractivity contribution in [2.75, 3.05) is 12.3 Å². The maximum Gasteiger partial charge on any atom is 0.223 e. The van der Waals surface area contributed by atoms with Crippen molar-refractivity contribution in [2.45, 2.75) is 18.8 Å². The van der Waals surface area contributed by atoms with Gasteiger partial charge in [-0.1, -0.05) is 0 Å². The molecule has 106 valence electrons. The van der Waals surface area contributed by atoms with E-state index in [2.05, 4.69) is 15.0 Å². The van der Waals surface area contributed by atoms with E-state index >= 15 is 0 Å². The van der Waals surface area contributed by atoms with Crippen molar-refractivity contribution in [1.82, 2.24) is 19.5 Å². The first-order valence-electron chi connectivity index (χ1n) is 5.88. The van der Waals surface area contributed by atoms with Crippen molar-refractivity contribution in [3.8, 4) is 0 Å². The molecule has 0 fully saturated rings. The third-order valence-electron chi connectivity index (χ3n) is 3.27. The maximum absolute atomic E-state index is 14.7. The number of ether oxygens (including phenoxy) is 1. The van der Waals surface area contributed by atoms with E-state index < -0.39 is 17.7 Å². The first-order chi connectivity index (χ1) is 9.46. The van der Waals surface area contributed by atoms with Gasteiger partial charge in [-0.3, -0.25) is 4.57 Å². The number of imidazole rings is 1. The minimum absolute atomic E-state index is 0.00359. The molecule has 0 radical (unpaired) electrons. The molecule has 3 rings (SSSR count). The molecule has 1 aliphatic heterocycles. The number of nitrogen functional groups attached to an aromatic ring is 1. The fraction of sp³-hybridized carbons (Fsp3) is 0.364. The number of rotatable bonds is 2. The van der Waals surface area contributed by atoms with Gasteiger partial charge in [-0.15, -0.1) is 0 Å². The van der Waals surface area contributed by atoms with Crippen LogP contribution in [0.25, 0.3) is 11.2 Å². The first-order valence-corrected chi connectivity index (χ1v) is 5.88. The van der Waals surface area contributed by atoms with Crippen molar-refractivity contribution < 1.29 is 14.2 Å². The van der Waals surface area contributed by atoms with E-state index in [1.54, 1.807) is 0 Å². The van der Waals surface area contributed by atoms with Crippen LogP contribution in [0.4, 0.5) is 10.2 Å². The predicted molar refractivity (Wildman–Crippen MR) is 68.1 cm³/mol. The minimum atomic E-state index is -2.14. The predicted octanol–water partition coefficient (Wildman–Crippen LogP) is 0.394. The quantitative estimate of drug-likeness (QED) is 0.726. The molecule has 0 aromatic carbocycles. The van der Waals surface area contributed by atoms with Gasteiger partial charge < -0.3 is 21.3 Å². The Morgan fingerprint density at radius 3 is 2.90 bits per heavy atom. The highest BCUT2D eigenvalue weighted by Crippen LogP contribution is 2.43. The minimum Gasteiger partial charge on any atom is -0.506 e. The average molecular weight is 280 g/mol. The van der Waals surface area contributed by atoms with Crippen LogP contribution in [0, 0.1) is 0 Å². The van der Waals surface area contributed by atoms with Crippen molar-refractivity contribution >= 4 is 17.0 Å². The lowest BCUT2D eigenvalue weighted by Crippen LogP contribution is -2.30. The normalized spacial score (nSPS) is 26.2. The van der Waals surface area contributed by atoms with E-state index in [1.807, 2.05) is 0 Å². The fourth-order valence-electron chi connectivity index (χ4n) is 2.20. The van der Waals surface area contributed by atoms with Crippen molar-refractivity contribution in [2.24, 2.45) is 5.73 Å². The van der Waals surface area contributed by atoms with Gasteiger partial charge in [0, 0.05) is 0 Å². The summed E-state index contributed by atoms with van der Waals surface area (Å²) >= 11 is 0. The molecule has 0 aliphatic carbocycles. The lowest BCUT2D eigenvalue weighted by Gasteiger charge is -2.23. The van der Waals surface area contributed by atoms with E-state index in [9.17, 15) is 9.50 Å². The summed E-state index contributed by atoms with van der Waals surface area (Å²) in [5.41, 5.74) is 9.61. The summed E-state index contributed by atoms with van der Waals surface area (Å²) < 4.78 is 21.4. The molecular formula is C11H13FN6O2. The summed E-state index contributed by atoms with van der Waals surface area (Å²) in [6, 6.07) is 0. The van der Waals surface area contributed by atoms with E-state index in [0.29, 0.717) is 11.2 Å². The van der Waals surface area contributed by atoms with Crippen LogP contribution < -0.4 is 11.5 Å². The lowest BCUT2D eigenvalue weighted by molar-refractivity contribution is -0.0205. The Hall–Kier alpha value is -2.42. The van der Waals surface area contributed by atoms with Crippen molar-refractivity contribution in [1.29, 1.82) is 0 Å². The molecule has 0 saturated heterocycles. The summed E-state index contributed by atoms with van der Waals surface area (Å²) in [6.45, 7) is 1.09. The Morgan fingerprint density at radius 2 is 2.25 bits per heavy atom. The van der Waals surface area contributed by atoms with Gasteiger partial charge in [0.15, 0.2) is 23.0 Å². The highest BCUT2D eigenvalue weighted by molar-refractivity contribution is 5.81. The van der Waals surface area contributed by atoms with Crippen LogP contribution in [0.2, 0.25) is 0 Å². The van der Waals surface area contributed by atoms with Crippen LogP contribution in [0.1, 0.15) is 13.2 Å². The number of fused-ring (bicyclic) bond motifs is 1. The van der Waals surface area contributed by atoms with Crippen LogP contribution in [0.3, 0.4) is 0 Å². The summed E-state index contributed by atoms with van der Waals surface area (Å²) in [5, 5.41) is 9.82. The summed E-state index contributed by atoms with van der Waals surface area (Å²) in [6.07, 6.45) is 1.43. The summed E-state index contributed by atoms with van der Waals surface area (Å²) in [4.78, 5) is 11.9. The summed E-state index contributed by atoms with van der Waals surface area (Å²) in [7, 11) is 0. The zero-order valence-corrected chi connectivity index (χ0v) is 10.6. The zero-order valence-electron chi connectivity index (χ0n) is 10.6. The molecule has 3 heterocycles. The highest BCUT2D eigenvalue weighted by atomic mass is 19.1. The van der Waals surface area contributed by atoms with Crippen LogP contribution in [-0.2, 0) is 4.74 Å². The number of aromatic nitrogens is 4. The second-order valence-corrected chi connectivity index (χ2v) is 4.60. The van der Waals surface area contributed by atoms with Gasteiger partial charge in [0.1, 0.15) is 18.2 Å². The first kappa shape index (κ1) is 12.6. The Bertz CT molecular complexity index is 710. The molecule has 2 aromatic rings. The third-order valence-corrected chi connectivity index (χ3v) is 3.27. The third kappa shape index (κ3) is 1.53. The Balaban J connectivity index is 2.12. The molecule has 0 spiro atoms. The average Bonchev–Trinajstić information content (AvgIpc) is 2.92. The van der Waals surface area contributed by atoms with E-state index in [0.717, 1.165) is 0 Å². The van der Waals surface area contributed by atoms with Gasteiger partial charge in [0.05, 0.1) is 6.54 Å². The summed E-state index contributed by atoms with van der Waals surface area (Å²) in [5.74, 6) is -0.332. The van der Waals surface area contributed by atoms with Gasteiger partial charge >= 0.3 is 0 Å². The van der Waals surface area contributed by atoms with Gasteiger partial charge in [-0.25, -0.2) is 19.3 Å². The zero-order chi connectivity index (χ0) is 14.5.